The molecule has 4 heteroatoms. The molecule has 3 N–H and O–H groups in total. The molecule has 0 bridgehead atoms. The van der Waals surface area contributed by atoms with Gasteiger partial charge in [0.05, 0.1) is 12.2 Å². The normalized spacial score (nSPS) is 31.6. The van der Waals surface area contributed by atoms with Crippen LogP contribution < -0.4 is 11.3 Å². The molecule has 0 amide bonds. The minimum absolute atomic E-state index is 0.0668. The number of hydrazine groups is 1. The molecule has 3 unspecified atom stereocenters. The molecule has 0 radical (unpaired) electrons. The molecule has 0 aliphatic carbocycles. The van der Waals surface area contributed by atoms with E-state index in [0.717, 1.165) is 39.1 Å². The van der Waals surface area contributed by atoms with Gasteiger partial charge >= 0.3 is 0 Å². The van der Waals surface area contributed by atoms with E-state index >= 15 is 0 Å². The Kier molecular flexibility index (Phi) is 4.08. The first-order chi connectivity index (χ1) is 9.72. The minimum Gasteiger partial charge on any atom is -0.378 e. The van der Waals surface area contributed by atoms with Crippen molar-refractivity contribution in [1.29, 1.82) is 0 Å². The number of hydrogen-bond acceptors (Lipinski definition) is 4. The SMILES string of the molecule is Cc1ccc(C(NN)C2CCOC3(CCOC3)C2)cc1. The second-order valence-corrected chi connectivity index (χ2v) is 6.14. The van der Waals surface area contributed by atoms with Gasteiger partial charge in [-0.3, -0.25) is 11.3 Å². The molecular formula is C16H24N2O2. The van der Waals surface area contributed by atoms with Crippen molar-refractivity contribution < 1.29 is 9.47 Å². The van der Waals surface area contributed by atoms with Crippen molar-refractivity contribution in [2.24, 2.45) is 11.8 Å². The summed E-state index contributed by atoms with van der Waals surface area (Å²) in [6.07, 6.45) is 3.08. The molecule has 110 valence electrons. The van der Waals surface area contributed by atoms with Crippen LogP contribution in [0.3, 0.4) is 0 Å². The number of hydrogen-bond donors (Lipinski definition) is 2. The monoisotopic (exact) mass is 276 g/mol. The lowest BCUT2D eigenvalue weighted by molar-refractivity contribution is -0.103. The Labute approximate surface area is 120 Å². The summed E-state index contributed by atoms with van der Waals surface area (Å²) < 4.78 is 11.6. The van der Waals surface area contributed by atoms with Gasteiger partial charge in [0.2, 0.25) is 0 Å². The fourth-order valence-electron chi connectivity index (χ4n) is 3.49. The second kappa shape index (κ2) is 5.82. The molecule has 2 aliphatic heterocycles. The van der Waals surface area contributed by atoms with Gasteiger partial charge in [0, 0.05) is 25.7 Å². The average Bonchev–Trinajstić information content (AvgIpc) is 2.90. The van der Waals surface area contributed by atoms with Crippen LogP contribution in [-0.2, 0) is 9.47 Å². The molecule has 4 nitrogen and oxygen atoms in total. The molecule has 2 saturated heterocycles. The lowest BCUT2D eigenvalue weighted by Gasteiger charge is -2.40. The molecule has 3 rings (SSSR count). The topological polar surface area (TPSA) is 56.5 Å². The van der Waals surface area contributed by atoms with Crippen LogP contribution in [0.5, 0.6) is 0 Å². The van der Waals surface area contributed by atoms with Crippen LogP contribution in [0, 0.1) is 12.8 Å². The van der Waals surface area contributed by atoms with E-state index in [9.17, 15) is 0 Å². The number of benzene rings is 1. The van der Waals surface area contributed by atoms with Gasteiger partial charge in [-0.15, -0.1) is 0 Å². The zero-order valence-electron chi connectivity index (χ0n) is 12.1. The summed E-state index contributed by atoms with van der Waals surface area (Å²) in [6, 6.07) is 8.83. The van der Waals surface area contributed by atoms with Crippen LogP contribution in [0.25, 0.3) is 0 Å². The van der Waals surface area contributed by atoms with Crippen LogP contribution in [0.1, 0.15) is 36.4 Å². The van der Waals surface area contributed by atoms with Crippen LogP contribution in [0.4, 0.5) is 0 Å². The molecule has 1 aromatic rings. The Balaban J connectivity index is 1.76. The highest BCUT2D eigenvalue weighted by molar-refractivity contribution is 5.25. The molecule has 20 heavy (non-hydrogen) atoms. The first-order valence-electron chi connectivity index (χ1n) is 7.47. The van der Waals surface area contributed by atoms with Crippen molar-refractivity contribution in [3.63, 3.8) is 0 Å². The van der Waals surface area contributed by atoms with Crippen LogP contribution >= 0.6 is 0 Å². The molecule has 2 aliphatic rings. The summed E-state index contributed by atoms with van der Waals surface area (Å²) in [7, 11) is 0. The van der Waals surface area contributed by atoms with Gasteiger partial charge in [0.25, 0.3) is 0 Å². The number of ether oxygens (including phenoxy) is 2. The van der Waals surface area contributed by atoms with Gasteiger partial charge < -0.3 is 9.47 Å². The predicted octanol–water partition coefficient (Wildman–Crippen LogP) is 2.09. The molecule has 3 atom stereocenters. The van der Waals surface area contributed by atoms with Gasteiger partial charge in [-0.25, -0.2) is 0 Å². The highest BCUT2D eigenvalue weighted by Crippen LogP contribution is 2.40. The van der Waals surface area contributed by atoms with Crippen molar-refractivity contribution >= 4 is 0 Å². The number of nitrogens with one attached hydrogen (secondary N) is 1. The van der Waals surface area contributed by atoms with E-state index < -0.39 is 0 Å². The van der Waals surface area contributed by atoms with E-state index in [1.165, 1.54) is 11.1 Å². The maximum Gasteiger partial charge on any atom is 0.0940 e. The standard InChI is InChI=1S/C16H24N2O2/c1-12-2-4-13(5-3-12)15(18-17)14-6-8-20-16(10-14)7-9-19-11-16/h2-5,14-15,18H,6-11,17H2,1H3. The van der Waals surface area contributed by atoms with E-state index in [-0.39, 0.29) is 11.6 Å². The quantitative estimate of drug-likeness (QED) is 0.655. The third-order valence-corrected chi connectivity index (χ3v) is 4.69. The number of aryl methyl sites for hydroxylation is 1. The van der Waals surface area contributed by atoms with Gasteiger partial charge in [0.15, 0.2) is 0 Å². The van der Waals surface area contributed by atoms with E-state index in [1.807, 2.05) is 0 Å². The summed E-state index contributed by atoms with van der Waals surface area (Å²) in [5.74, 6) is 6.34. The Morgan fingerprint density at radius 3 is 2.75 bits per heavy atom. The average molecular weight is 276 g/mol. The van der Waals surface area contributed by atoms with Crippen molar-refractivity contribution in [3.8, 4) is 0 Å². The van der Waals surface area contributed by atoms with Gasteiger partial charge in [0.1, 0.15) is 0 Å². The Morgan fingerprint density at radius 2 is 2.10 bits per heavy atom. The minimum atomic E-state index is -0.0668. The smallest absolute Gasteiger partial charge is 0.0940 e. The van der Waals surface area contributed by atoms with Crippen molar-refractivity contribution in [1.82, 2.24) is 5.43 Å². The summed E-state index contributed by atoms with van der Waals surface area (Å²) in [5, 5.41) is 0. The first kappa shape index (κ1) is 14.0. The van der Waals surface area contributed by atoms with E-state index in [4.69, 9.17) is 15.3 Å². The Morgan fingerprint density at radius 1 is 1.30 bits per heavy atom. The zero-order valence-corrected chi connectivity index (χ0v) is 12.1. The van der Waals surface area contributed by atoms with Crippen LogP contribution in [0.15, 0.2) is 24.3 Å². The third-order valence-electron chi connectivity index (χ3n) is 4.69. The Hall–Kier alpha value is -0.940. The molecule has 0 saturated carbocycles. The molecular weight excluding hydrogens is 252 g/mol. The molecule has 1 spiro atoms. The lowest BCUT2D eigenvalue weighted by atomic mass is 9.79. The van der Waals surface area contributed by atoms with Crippen molar-refractivity contribution in [2.45, 2.75) is 37.8 Å². The maximum atomic E-state index is 6.01. The van der Waals surface area contributed by atoms with Gasteiger partial charge in [-0.2, -0.15) is 0 Å². The summed E-state index contributed by atoms with van der Waals surface area (Å²) in [5.41, 5.74) is 5.49. The summed E-state index contributed by atoms with van der Waals surface area (Å²) >= 11 is 0. The fraction of sp³-hybridized carbons (Fsp3) is 0.625. The predicted molar refractivity (Wildman–Crippen MR) is 78.1 cm³/mol. The van der Waals surface area contributed by atoms with Crippen molar-refractivity contribution in [2.75, 3.05) is 19.8 Å². The lowest BCUT2D eigenvalue weighted by Crippen LogP contribution is -2.45. The molecule has 2 fully saturated rings. The number of nitrogens with two attached hydrogens (primary N) is 1. The number of rotatable bonds is 3. The van der Waals surface area contributed by atoms with Crippen LogP contribution in [0.2, 0.25) is 0 Å². The van der Waals surface area contributed by atoms with Gasteiger partial charge in [-0.05, 0) is 31.2 Å². The van der Waals surface area contributed by atoms with Gasteiger partial charge in [-0.1, -0.05) is 29.8 Å². The van der Waals surface area contributed by atoms with E-state index in [0.29, 0.717) is 5.92 Å². The largest absolute Gasteiger partial charge is 0.378 e. The van der Waals surface area contributed by atoms with Crippen LogP contribution in [-0.4, -0.2) is 25.4 Å². The molecule has 0 aromatic heterocycles. The highest BCUT2D eigenvalue weighted by Gasteiger charge is 2.43. The second-order valence-electron chi connectivity index (χ2n) is 6.14. The Bertz CT molecular complexity index is 440. The molecule has 2 heterocycles. The van der Waals surface area contributed by atoms with E-state index in [2.05, 4.69) is 36.6 Å². The highest BCUT2D eigenvalue weighted by atomic mass is 16.6. The summed E-state index contributed by atoms with van der Waals surface area (Å²) in [6.45, 7) is 4.46. The third kappa shape index (κ3) is 2.74. The summed E-state index contributed by atoms with van der Waals surface area (Å²) in [4.78, 5) is 0. The maximum absolute atomic E-state index is 6.01. The fourth-order valence-corrected chi connectivity index (χ4v) is 3.49. The van der Waals surface area contributed by atoms with Crippen molar-refractivity contribution in [3.05, 3.63) is 35.4 Å². The van der Waals surface area contributed by atoms with E-state index in [1.54, 1.807) is 0 Å². The first-order valence-corrected chi connectivity index (χ1v) is 7.47. The zero-order chi connectivity index (χ0) is 14.0. The molecule has 1 aromatic carbocycles.